The molecule has 2 heterocycles. The maximum Gasteiger partial charge on any atom is 0.116 e. The van der Waals surface area contributed by atoms with E-state index in [9.17, 15) is 0 Å². The Labute approximate surface area is 52.9 Å². The van der Waals surface area contributed by atoms with E-state index in [4.69, 9.17) is 4.74 Å². The average molecular weight is 121 g/mol. The highest BCUT2D eigenvalue weighted by molar-refractivity contribution is 5.22. The van der Waals surface area contributed by atoms with E-state index in [1.165, 1.54) is 0 Å². The minimum absolute atomic E-state index is 0.970. The molecule has 2 aliphatic heterocycles. The van der Waals surface area contributed by atoms with Gasteiger partial charge in [0, 0.05) is 0 Å². The van der Waals surface area contributed by atoms with Crippen molar-refractivity contribution in [2.45, 2.75) is 0 Å². The summed E-state index contributed by atoms with van der Waals surface area (Å²) in [5.41, 5.74) is 4.95. The molecule has 0 fully saturated rings. The summed E-state index contributed by atoms with van der Waals surface area (Å²) in [4.78, 5) is 0. The van der Waals surface area contributed by atoms with Crippen LogP contribution in [0.4, 0.5) is 0 Å². The fraction of sp³-hybridized carbons (Fsp3) is 0. The Morgan fingerprint density at radius 1 is 1.56 bits per heavy atom. The van der Waals surface area contributed by atoms with Crippen LogP contribution >= 0.6 is 0 Å². The van der Waals surface area contributed by atoms with Crippen LogP contribution in [0.25, 0.3) is 0 Å². The van der Waals surface area contributed by atoms with Gasteiger partial charge in [-0.15, -0.1) is 0 Å². The lowest BCUT2D eigenvalue weighted by Crippen LogP contribution is -2.17. The topological polar surface area (TPSA) is 26.6 Å². The van der Waals surface area contributed by atoms with Gasteiger partial charge in [-0.2, -0.15) is 5.43 Å². The van der Waals surface area contributed by atoms with Crippen LogP contribution in [-0.4, -0.2) is 5.01 Å². The Hall–Kier alpha value is -1.38. The second-order valence-electron chi connectivity index (χ2n) is 1.74. The van der Waals surface area contributed by atoms with Gasteiger partial charge in [0.15, 0.2) is 0 Å². The summed E-state index contributed by atoms with van der Waals surface area (Å²) in [5, 5.41) is 1.74. The van der Waals surface area contributed by atoms with Crippen molar-refractivity contribution in [3.63, 3.8) is 0 Å². The summed E-state index contributed by atoms with van der Waals surface area (Å²) in [5.74, 6) is 0. The molecule has 0 atom stereocenters. The summed E-state index contributed by atoms with van der Waals surface area (Å²) in [6.07, 6.45) is 8.59. The van der Waals surface area contributed by atoms with E-state index in [0.717, 1.165) is 5.70 Å². The number of allylic oxidation sites excluding steroid dienone is 1. The zero-order valence-electron chi connectivity index (χ0n) is 4.69. The Morgan fingerprint density at radius 3 is 3.44 bits per heavy atom. The van der Waals surface area contributed by atoms with Gasteiger partial charge in [0.05, 0.1) is 12.4 Å². The number of hydrogen-bond donors (Lipinski definition) is 0. The van der Waals surface area contributed by atoms with Gasteiger partial charge in [0.1, 0.15) is 18.2 Å². The van der Waals surface area contributed by atoms with E-state index in [1.54, 1.807) is 29.9 Å². The van der Waals surface area contributed by atoms with Crippen LogP contribution < -0.4 is 5.43 Å². The maximum absolute atomic E-state index is 4.89. The fourth-order valence-corrected chi connectivity index (χ4v) is 0.744. The lowest BCUT2D eigenvalue weighted by atomic mass is 10.4. The second kappa shape index (κ2) is 1.55. The van der Waals surface area contributed by atoms with Crippen molar-refractivity contribution >= 4 is 0 Å². The maximum atomic E-state index is 4.89. The van der Waals surface area contributed by atoms with Crippen LogP contribution in [0.15, 0.2) is 36.7 Å². The largest absolute Gasteiger partial charge is 0.469 e. The number of ether oxygens (including phenoxy) is 1. The van der Waals surface area contributed by atoms with Gasteiger partial charge in [-0.25, -0.2) is 5.01 Å². The molecule has 0 spiro atoms. The smallest absolute Gasteiger partial charge is 0.116 e. The molecule has 9 heavy (non-hydrogen) atoms. The molecule has 0 unspecified atom stereocenters. The highest BCUT2D eigenvalue weighted by Crippen LogP contribution is 2.14. The van der Waals surface area contributed by atoms with Crippen LogP contribution in [-0.2, 0) is 4.74 Å². The highest BCUT2D eigenvalue weighted by atomic mass is 16.5. The van der Waals surface area contributed by atoms with Crippen LogP contribution in [0.5, 0.6) is 0 Å². The van der Waals surface area contributed by atoms with Crippen molar-refractivity contribution in [1.29, 1.82) is 0 Å². The predicted molar refractivity (Wildman–Crippen MR) is 31.4 cm³/mol. The molecule has 2 aliphatic rings. The molecule has 0 aliphatic carbocycles. The molecule has 0 aromatic carbocycles. The van der Waals surface area contributed by atoms with Gasteiger partial charge < -0.3 is 4.74 Å². The molecule has 3 nitrogen and oxygen atoms in total. The third kappa shape index (κ3) is 0.579. The van der Waals surface area contributed by atoms with E-state index in [-0.39, 0.29) is 0 Å². The van der Waals surface area contributed by atoms with Gasteiger partial charge in [-0.1, -0.05) is 0 Å². The summed E-state index contributed by atoms with van der Waals surface area (Å²) < 4.78 is 4.89. The van der Waals surface area contributed by atoms with Gasteiger partial charge in [-0.05, 0) is 6.08 Å². The van der Waals surface area contributed by atoms with Crippen LogP contribution in [0.3, 0.4) is 0 Å². The molecule has 0 aromatic rings. The SMILES string of the molecule is C1=CC2=COC=CN2[N]1. The molecule has 1 radical (unpaired) electrons. The third-order valence-electron chi connectivity index (χ3n) is 1.17. The van der Waals surface area contributed by atoms with Crippen molar-refractivity contribution in [3.8, 4) is 0 Å². The second-order valence-corrected chi connectivity index (χ2v) is 1.74. The normalized spacial score (nSPS) is 20.4. The van der Waals surface area contributed by atoms with E-state index < -0.39 is 0 Å². The first-order valence-corrected chi connectivity index (χ1v) is 2.66. The molecule has 0 aromatic heterocycles. The average Bonchev–Trinajstić information content (AvgIpc) is 2.33. The first-order valence-electron chi connectivity index (χ1n) is 2.66. The Bertz CT molecular complexity index is 205. The van der Waals surface area contributed by atoms with Crippen molar-refractivity contribution in [3.05, 3.63) is 36.7 Å². The predicted octanol–water partition coefficient (Wildman–Crippen LogP) is 0.678. The first kappa shape index (κ1) is 4.49. The van der Waals surface area contributed by atoms with E-state index in [2.05, 4.69) is 5.43 Å². The Kier molecular flexibility index (Phi) is 0.773. The molecular weight excluding hydrogens is 116 g/mol. The molecule has 0 N–H and O–H groups in total. The summed E-state index contributed by atoms with van der Waals surface area (Å²) >= 11 is 0. The van der Waals surface area contributed by atoms with Crippen LogP contribution in [0, 0.1) is 0 Å². The van der Waals surface area contributed by atoms with E-state index in [1.807, 2.05) is 6.08 Å². The Morgan fingerprint density at radius 2 is 2.56 bits per heavy atom. The minimum atomic E-state index is 0.970. The van der Waals surface area contributed by atoms with E-state index in [0.29, 0.717) is 0 Å². The summed E-state index contributed by atoms with van der Waals surface area (Å²) in [6.45, 7) is 0. The van der Waals surface area contributed by atoms with E-state index >= 15 is 0 Å². The summed E-state index contributed by atoms with van der Waals surface area (Å²) in [7, 11) is 0. The molecule has 45 valence electrons. The quantitative estimate of drug-likeness (QED) is 0.471. The first-order chi connectivity index (χ1) is 4.47. The molecule has 0 amide bonds. The molecular formula is C6H5N2O. The van der Waals surface area contributed by atoms with Gasteiger partial charge in [0.25, 0.3) is 0 Å². The highest BCUT2D eigenvalue weighted by Gasteiger charge is 2.11. The number of hydrogen-bond acceptors (Lipinski definition) is 2. The lowest BCUT2D eigenvalue weighted by molar-refractivity contribution is 0.312. The zero-order chi connectivity index (χ0) is 6.10. The third-order valence-corrected chi connectivity index (χ3v) is 1.17. The van der Waals surface area contributed by atoms with Crippen molar-refractivity contribution < 1.29 is 4.74 Å². The molecule has 0 bridgehead atoms. The summed E-state index contributed by atoms with van der Waals surface area (Å²) in [6, 6.07) is 0. The molecule has 3 heteroatoms. The molecule has 0 saturated carbocycles. The molecule has 0 saturated heterocycles. The number of nitrogens with zero attached hydrogens (tertiary/aromatic N) is 2. The monoisotopic (exact) mass is 121 g/mol. The molecule has 2 rings (SSSR count). The number of rotatable bonds is 0. The van der Waals surface area contributed by atoms with Crippen LogP contribution in [0.1, 0.15) is 0 Å². The lowest BCUT2D eigenvalue weighted by Gasteiger charge is -2.14. The van der Waals surface area contributed by atoms with Gasteiger partial charge in [-0.3, -0.25) is 0 Å². The standard InChI is InChI=1S/C6H5N2O/c1-2-7-8-3-4-9-5-6(1)8/h1-5H. The number of fused-ring (bicyclic) bond motifs is 1. The van der Waals surface area contributed by atoms with Crippen molar-refractivity contribution in [1.82, 2.24) is 10.4 Å². The van der Waals surface area contributed by atoms with Crippen molar-refractivity contribution in [2.24, 2.45) is 0 Å². The fourth-order valence-electron chi connectivity index (χ4n) is 0.744. The van der Waals surface area contributed by atoms with Crippen LogP contribution in [0.2, 0.25) is 0 Å². The van der Waals surface area contributed by atoms with Gasteiger partial charge in [0.2, 0.25) is 0 Å². The van der Waals surface area contributed by atoms with Gasteiger partial charge >= 0.3 is 0 Å². The minimum Gasteiger partial charge on any atom is -0.469 e. The zero-order valence-corrected chi connectivity index (χ0v) is 4.69. The van der Waals surface area contributed by atoms with Crippen molar-refractivity contribution in [2.75, 3.05) is 0 Å². The Balaban J connectivity index is 2.29.